The fourth-order valence-electron chi connectivity index (χ4n) is 10.6. The van der Waals surface area contributed by atoms with Gasteiger partial charge in [0.2, 0.25) is 0 Å². The highest BCUT2D eigenvalue weighted by molar-refractivity contribution is 6.28. The number of rotatable bonds is 6. The molecule has 0 radical (unpaired) electrons. The van der Waals surface area contributed by atoms with Gasteiger partial charge in [0, 0.05) is 44.0 Å². The topological polar surface area (TPSA) is 10.9 Å². The highest BCUT2D eigenvalue weighted by Gasteiger charge is 2.39. The number of nitrogens with zero attached hydrogens (tertiary/aromatic N) is 3. The molecule has 11 heteroatoms. The van der Waals surface area contributed by atoms with Gasteiger partial charge >= 0.3 is 12.4 Å². The minimum Gasteiger partial charge on any atom is -0.308 e. The van der Waals surface area contributed by atoms with Crippen LogP contribution in [0.25, 0.3) is 60.0 Å². The molecule has 68 heavy (non-hydrogen) atoms. The summed E-state index contributed by atoms with van der Waals surface area (Å²) in [6.45, 7) is 4.28. The van der Waals surface area contributed by atoms with Gasteiger partial charge in [-0.25, -0.2) is 8.78 Å². The van der Waals surface area contributed by atoms with Crippen LogP contribution in [0.4, 0.5) is 69.2 Å². The van der Waals surface area contributed by atoms with E-state index in [1.807, 2.05) is 54.6 Å². The van der Waals surface area contributed by atoms with E-state index in [2.05, 4.69) is 42.5 Å². The lowest BCUT2D eigenvalue weighted by Crippen LogP contribution is -2.17. The molecule has 1 aliphatic rings. The van der Waals surface area contributed by atoms with Crippen LogP contribution in [0.5, 0.6) is 0 Å². The molecule has 0 aliphatic heterocycles. The first-order chi connectivity index (χ1) is 32.6. The van der Waals surface area contributed by atoms with Crippen LogP contribution in [0.15, 0.2) is 176 Å². The number of hydrogen-bond donors (Lipinski definition) is 0. The van der Waals surface area contributed by atoms with Gasteiger partial charge in [0.05, 0.1) is 44.7 Å². The lowest BCUT2D eigenvalue weighted by Gasteiger charge is -2.28. The first-order valence-electron chi connectivity index (χ1n) is 21.9. The summed E-state index contributed by atoms with van der Waals surface area (Å²) in [6, 6.07) is 48.1. The molecule has 0 unspecified atom stereocenters. The fraction of sp³-hybridized carbons (Fsp3) is 0.0877. The van der Waals surface area contributed by atoms with Crippen molar-refractivity contribution in [1.29, 1.82) is 0 Å². The van der Waals surface area contributed by atoms with Crippen LogP contribution in [0.1, 0.15) is 36.1 Å². The van der Waals surface area contributed by atoms with Crippen molar-refractivity contribution in [2.45, 2.75) is 31.6 Å². The second-order valence-corrected chi connectivity index (χ2v) is 17.8. The summed E-state index contributed by atoms with van der Waals surface area (Å²) in [7, 11) is 0. The Bertz CT molecular complexity index is 3830. The summed E-state index contributed by atoms with van der Waals surface area (Å²) < 4.78 is 116. The maximum atomic E-state index is 15.9. The number of para-hydroxylation sites is 3. The molecule has 0 fully saturated rings. The monoisotopic (exact) mass is 913 g/mol. The normalized spacial score (nSPS) is 13.6. The molecule has 0 spiro atoms. The third-order valence-electron chi connectivity index (χ3n) is 13.6. The number of aromatic nitrogens is 1. The van der Waals surface area contributed by atoms with E-state index in [1.165, 1.54) is 36.4 Å². The van der Waals surface area contributed by atoms with E-state index >= 15 is 8.78 Å². The van der Waals surface area contributed by atoms with Crippen LogP contribution >= 0.6 is 0 Å². The van der Waals surface area contributed by atoms with Crippen molar-refractivity contribution in [2.75, 3.05) is 9.80 Å². The van der Waals surface area contributed by atoms with E-state index in [9.17, 15) is 26.3 Å². The van der Waals surface area contributed by atoms with E-state index in [0.29, 0.717) is 22.7 Å². The molecule has 9 aromatic carbocycles. The van der Waals surface area contributed by atoms with Crippen LogP contribution in [0.2, 0.25) is 0 Å². The Morgan fingerprint density at radius 2 is 1.00 bits per heavy atom. The number of hydrogen-bond acceptors (Lipinski definition) is 2. The average Bonchev–Trinajstić information content (AvgIpc) is 3.92. The number of alkyl halides is 6. The minimum absolute atomic E-state index is 0.178. The molecule has 11 aromatic rings. The molecule has 1 aliphatic carbocycles. The second-order valence-electron chi connectivity index (χ2n) is 17.8. The highest BCUT2D eigenvalue weighted by atomic mass is 19.4. The zero-order chi connectivity index (χ0) is 47.0. The van der Waals surface area contributed by atoms with Crippen molar-refractivity contribution in [3.05, 3.63) is 210 Å². The van der Waals surface area contributed by atoms with Crippen LogP contribution in [-0.4, -0.2) is 4.40 Å². The third kappa shape index (κ3) is 6.10. The molecule has 2 aromatic heterocycles. The third-order valence-corrected chi connectivity index (χ3v) is 13.6. The van der Waals surface area contributed by atoms with Gasteiger partial charge in [-0.1, -0.05) is 80.6 Å². The first-order valence-corrected chi connectivity index (χ1v) is 21.9. The van der Waals surface area contributed by atoms with Crippen molar-refractivity contribution in [3.8, 4) is 11.1 Å². The molecule has 0 bridgehead atoms. The SMILES string of the molecule is CC1(C)c2cc(N(c3ccc(C(F)(F)F)cc3)c3ccccc3F)ccc2-c2ccc3cc4c(cc3c21)c1ccc(N(c2ccc(C(F)(F)F)cc2)c2ccccc2F)c2c3ccccc3n4c12. The molecule has 0 atom stereocenters. The van der Waals surface area contributed by atoms with Gasteiger partial charge in [-0.15, -0.1) is 0 Å². The minimum atomic E-state index is -4.55. The maximum absolute atomic E-state index is 15.9. The Balaban J connectivity index is 1.05. The molecule has 0 amide bonds. The van der Waals surface area contributed by atoms with Crippen molar-refractivity contribution in [3.63, 3.8) is 0 Å². The molecular weight excluding hydrogens is 879 g/mol. The summed E-state index contributed by atoms with van der Waals surface area (Å²) in [5, 5.41) is 5.60. The molecule has 0 saturated carbocycles. The van der Waals surface area contributed by atoms with Gasteiger partial charge in [-0.2, -0.15) is 26.3 Å². The molecule has 12 rings (SSSR count). The number of halogens is 8. The quantitative estimate of drug-likeness (QED) is 0.154. The van der Waals surface area contributed by atoms with E-state index in [0.717, 1.165) is 95.4 Å². The first kappa shape index (κ1) is 41.5. The molecule has 0 saturated heterocycles. The zero-order valence-electron chi connectivity index (χ0n) is 36.1. The highest BCUT2D eigenvalue weighted by Crippen LogP contribution is 2.55. The van der Waals surface area contributed by atoms with Gasteiger partial charge in [0.1, 0.15) is 11.6 Å². The van der Waals surface area contributed by atoms with Gasteiger partial charge in [-0.3, -0.25) is 0 Å². The number of anilines is 6. The van der Waals surface area contributed by atoms with Crippen LogP contribution in [0, 0.1) is 11.6 Å². The smallest absolute Gasteiger partial charge is 0.308 e. The molecule has 3 nitrogen and oxygen atoms in total. The van der Waals surface area contributed by atoms with E-state index < -0.39 is 40.5 Å². The largest absolute Gasteiger partial charge is 0.416 e. The number of fused-ring (bicyclic) bond motifs is 11. The van der Waals surface area contributed by atoms with Crippen LogP contribution in [0.3, 0.4) is 0 Å². The summed E-state index contributed by atoms with van der Waals surface area (Å²) in [5.41, 5.74) is 6.82. The molecular formula is C57H35F8N3. The summed E-state index contributed by atoms with van der Waals surface area (Å²) in [5.74, 6) is -1.07. The number of benzene rings is 9. The molecule has 0 N–H and O–H groups in total. The summed E-state index contributed by atoms with van der Waals surface area (Å²) in [6.07, 6.45) is -9.09. The van der Waals surface area contributed by atoms with Crippen LogP contribution in [-0.2, 0) is 17.8 Å². The lowest BCUT2D eigenvalue weighted by molar-refractivity contribution is -0.138. The van der Waals surface area contributed by atoms with E-state index in [4.69, 9.17) is 0 Å². The van der Waals surface area contributed by atoms with Crippen LogP contribution < -0.4 is 9.80 Å². The Morgan fingerprint density at radius 1 is 0.441 bits per heavy atom. The van der Waals surface area contributed by atoms with Gasteiger partial charge in [0.15, 0.2) is 0 Å². The van der Waals surface area contributed by atoms with E-state index in [-0.39, 0.29) is 11.4 Å². The Hall–Kier alpha value is -7.92. The predicted molar refractivity (Wildman–Crippen MR) is 255 cm³/mol. The van der Waals surface area contributed by atoms with Gasteiger partial charge in [-0.05, 0) is 142 Å². The van der Waals surface area contributed by atoms with Crippen molar-refractivity contribution < 1.29 is 35.1 Å². The van der Waals surface area contributed by atoms with Gasteiger partial charge in [0.25, 0.3) is 0 Å². The Kier molecular flexibility index (Phi) is 8.87. The second kappa shape index (κ2) is 14.5. The van der Waals surface area contributed by atoms with Gasteiger partial charge < -0.3 is 14.2 Å². The predicted octanol–water partition coefficient (Wildman–Crippen LogP) is 17.6. The summed E-state index contributed by atoms with van der Waals surface area (Å²) in [4.78, 5) is 3.31. The summed E-state index contributed by atoms with van der Waals surface area (Å²) >= 11 is 0. The zero-order valence-corrected chi connectivity index (χ0v) is 36.1. The van der Waals surface area contributed by atoms with Crippen molar-refractivity contribution in [2.24, 2.45) is 0 Å². The average molecular weight is 914 g/mol. The molecule has 334 valence electrons. The maximum Gasteiger partial charge on any atom is 0.416 e. The Labute approximate surface area is 383 Å². The standard InChI is InChI=1S/C57H35F8N3/c1-55(2)44-30-37(66(48-13-7-4-10-45(48)58)35-20-16-33(17-21-35)56(60,61)62)24-26-38(44)39-25-15-32-29-51-43(31-42(32)53(39)55)40-27-28-50(52-41-9-3-6-12-47(41)68(51)54(40)52)67(49-14-8-5-11-46(49)59)36-22-18-34(19-23-36)57(63,64)65/h3-31H,1-2H3. The van der Waals surface area contributed by atoms with Crippen molar-refractivity contribution in [1.82, 2.24) is 4.40 Å². The van der Waals surface area contributed by atoms with Crippen molar-refractivity contribution >= 4 is 83.0 Å². The Morgan fingerprint density at radius 3 is 1.63 bits per heavy atom. The fourth-order valence-corrected chi connectivity index (χ4v) is 10.6. The van der Waals surface area contributed by atoms with E-state index in [1.54, 1.807) is 46.2 Å². The lowest BCUT2D eigenvalue weighted by atomic mass is 9.80. The molecule has 2 heterocycles.